The first-order chi connectivity index (χ1) is 14.0. The van der Waals surface area contributed by atoms with Crippen LogP contribution in [0.1, 0.15) is 32.1 Å². The molecule has 0 aliphatic heterocycles. The first kappa shape index (κ1) is 23.2. The smallest absolute Gasteiger partial charge is 0.340 e. The number of ether oxygens (including phenoxy) is 2. The second kappa shape index (κ2) is 9.14. The molecule has 30 heavy (non-hydrogen) atoms. The third kappa shape index (κ3) is 4.89. The van der Waals surface area contributed by atoms with Gasteiger partial charge in [0.15, 0.2) is 8.32 Å². The molecule has 0 aliphatic rings. The van der Waals surface area contributed by atoms with Crippen LogP contribution in [0.2, 0.25) is 19.6 Å². The fourth-order valence-corrected chi connectivity index (χ4v) is 3.51. The van der Waals surface area contributed by atoms with Gasteiger partial charge in [-0.3, -0.25) is 15.1 Å². The molecule has 0 N–H and O–H groups in total. The molecule has 1 heterocycles. The van der Waals surface area contributed by atoms with Crippen LogP contribution in [-0.2, 0) is 20.5 Å². The Morgan fingerprint density at radius 1 is 1.07 bits per heavy atom. The molecular weight excluding hydrogens is 408 g/mol. The number of hydrogen-bond acceptors (Lipinski definition) is 8. The van der Waals surface area contributed by atoms with Crippen LogP contribution in [0.15, 0.2) is 24.3 Å². The zero-order chi connectivity index (χ0) is 22.6. The molecule has 1 aromatic carbocycles. The summed E-state index contributed by atoms with van der Waals surface area (Å²) >= 11 is 0. The summed E-state index contributed by atoms with van der Waals surface area (Å²) in [5, 5.41) is 11.7. The number of methoxy groups -OCH3 is 2. The Kier molecular flexibility index (Phi) is 7.06. The molecule has 0 amide bonds. The molecule has 0 fully saturated rings. The number of carbonyl (C=O) groups is 2. The average molecular weight is 433 g/mol. The lowest BCUT2D eigenvalue weighted by Gasteiger charge is -2.21. The maximum Gasteiger partial charge on any atom is 0.340 e. The number of rotatable bonds is 7. The second-order valence-electron chi connectivity index (χ2n) is 7.43. The van der Waals surface area contributed by atoms with Gasteiger partial charge in [0, 0.05) is 11.6 Å². The summed E-state index contributed by atoms with van der Waals surface area (Å²) in [6.45, 7) is 7.50. The van der Waals surface area contributed by atoms with Crippen molar-refractivity contribution in [3.63, 3.8) is 0 Å². The Hall–Kier alpha value is -3.11. The topological polar surface area (TPSA) is 118 Å². The van der Waals surface area contributed by atoms with E-state index in [4.69, 9.17) is 13.9 Å². The molecule has 2 rings (SSSR count). The second-order valence-corrected chi connectivity index (χ2v) is 11.9. The number of hydrogen-bond donors (Lipinski definition) is 0. The summed E-state index contributed by atoms with van der Waals surface area (Å²) < 4.78 is 15.7. The summed E-state index contributed by atoms with van der Waals surface area (Å²) in [5.74, 6) is -1.55. The maximum atomic E-state index is 12.8. The Labute approximate surface area is 175 Å². The number of pyridine rings is 1. The molecule has 0 saturated carbocycles. The fraction of sp³-hybridized carbons (Fsp3) is 0.350. The number of nitro groups is 1. The van der Waals surface area contributed by atoms with Gasteiger partial charge in [-0.15, -0.1) is 0 Å². The van der Waals surface area contributed by atoms with E-state index in [2.05, 4.69) is 4.98 Å². The SMILES string of the molecule is COC(=O)c1c(C)nc(CO[Si](C)(C)C)c(C(=O)OC)c1-c1ccccc1[N+](=O)[O-]. The van der Waals surface area contributed by atoms with Gasteiger partial charge >= 0.3 is 11.9 Å². The highest BCUT2D eigenvalue weighted by atomic mass is 28.4. The molecule has 160 valence electrons. The number of aryl methyl sites for hydroxylation is 1. The van der Waals surface area contributed by atoms with Crippen molar-refractivity contribution in [1.29, 1.82) is 0 Å². The maximum absolute atomic E-state index is 12.8. The summed E-state index contributed by atoms with van der Waals surface area (Å²) in [6.07, 6.45) is 0. The molecule has 0 bridgehead atoms. The lowest BCUT2D eigenvalue weighted by Crippen LogP contribution is -2.26. The molecule has 9 nitrogen and oxygen atoms in total. The van der Waals surface area contributed by atoms with Crippen molar-refractivity contribution in [1.82, 2.24) is 4.98 Å². The van der Waals surface area contributed by atoms with E-state index >= 15 is 0 Å². The Morgan fingerprint density at radius 3 is 2.17 bits per heavy atom. The highest BCUT2D eigenvalue weighted by Gasteiger charge is 2.32. The number of nitro benzene ring substituents is 1. The van der Waals surface area contributed by atoms with Crippen molar-refractivity contribution < 1.29 is 28.4 Å². The van der Waals surface area contributed by atoms with E-state index in [1.165, 1.54) is 32.4 Å². The van der Waals surface area contributed by atoms with Gasteiger partial charge in [-0.05, 0) is 32.6 Å². The van der Waals surface area contributed by atoms with E-state index in [0.29, 0.717) is 0 Å². The highest BCUT2D eigenvalue weighted by Crippen LogP contribution is 2.38. The first-order valence-electron chi connectivity index (χ1n) is 9.09. The highest BCUT2D eigenvalue weighted by molar-refractivity contribution is 6.69. The van der Waals surface area contributed by atoms with Gasteiger partial charge < -0.3 is 13.9 Å². The summed E-state index contributed by atoms with van der Waals surface area (Å²) in [5.41, 5.74) is 0.264. The van der Waals surface area contributed by atoms with Crippen LogP contribution < -0.4 is 0 Å². The third-order valence-electron chi connectivity index (χ3n) is 4.24. The molecule has 0 spiro atoms. The van der Waals surface area contributed by atoms with Gasteiger partial charge in [-0.25, -0.2) is 9.59 Å². The summed E-state index contributed by atoms with van der Waals surface area (Å²) in [4.78, 5) is 40.9. The lowest BCUT2D eigenvalue weighted by atomic mass is 9.91. The minimum absolute atomic E-state index is 0.00389. The van der Waals surface area contributed by atoms with Gasteiger partial charge in [-0.2, -0.15) is 0 Å². The predicted octanol–water partition coefficient (Wildman–Crippen LogP) is 3.89. The van der Waals surface area contributed by atoms with Gasteiger partial charge in [0.1, 0.15) is 0 Å². The zero-order valence-electron chi connectivity index (χ0n) is 17.8. The van der Waals surface area contributed by atoms with E-state index in [1.54, 1.807) is 13.0 Å². The van der Waals surface area contributed by atoms with Gasteiger partial charge in [-0.1, -0.05) is 12.1 Å². The number of esters is 2. The number of para-hydroxylation sites is 1. The van der Waals surface area contributed by atoms with Crippen LogP contribution >= 0.6 is 0 Å². The predicted molar refractivity (Wildman–Crippen MR) is 112 cm³/mol. The van der Waals surface area contributed by atoms with Crippen LogP contribution in [0.3, 0.4) is 0 Å². The van der Waals surface area contributed by atoms with Gasteiger partial charge in [0.05, 0.1) is 53.8 Å². The lowest BCUT2D eigenvalue weighted by molar-refractivity contribution is -0.384. The molecule has 0 saturated heterocycles. The van der Waals surface area contributed by atoms with Crippen molar-refractivity contribution in [2.45, 2.75) is 33.2 Å². The largest absolute Gasteiger partial charge is 0.465 e. The Morgan fingerprint density at radius 2 is 1.63 bits per heavy atom. The molecule has 0 unspecified atom stereocenters. The third-order valence-corrected chi connectivity index (χ3v) is 5.25. The van der Waals surface area contributed by atoms with Crippen molar-refractivity contribution in [3.8, 4) is 11.1 Å². The van der Waals surface area contributed by atoms with Crippen molar-refractivity contribution in [3.05, 3.63) is 56.9 Å². The number of nitrogens with zero attached hydrogens (tertiary/aromatic N) is 2. The molecule has 10 heteroatoms. The minimum Gasteiger partial charge on any atom is -0.465 e. The molecule has 1 aromatic heterocycles. The van der Waals surface area contributed by atoms with Crippen LogP contribution in [0.5, 0.6) is 0 Å². The van der Waals surface area contributed by atoms with Crippen LogP contribution in [0.25, 0.3) is 11.1 Å². The number of benzene rings is 1. The zero-order valence-corrected chi connectivity index (χ0v) is 18.8. The summed E-state index contributed by atoms with van der Waals surface area (Å²) in [7, 11) is 0.387. The first-order valence-corrected chi connectivity index (χ1v) is 12.5. The van der Waals surface area contributed by atoms with Gasteiger partial charge in [0.25, 0.3) is 5.69 Å². The van der Waals surface area contributed by atoms with Crippen molar-refractivity contribution in [2.75, 3.05) is 14.2 Å². The monoisotopic (exact) mass is 432 g/mol. The molecule has 0 atom stereocenters. The fourth-order valence-electron chi connectivity index (χ4n) is 2.94. The van der Waals surface area contributed by atoms with Crippen molar-refractivity contribution in [2.24, 2.45) is 0 Å². The van der Waals surface area contributed by atoms with Gasteiger partial charge in [0.2, 0.25) is 0 Å². The van der Waals surface area contributed by atoms with E-state index < -0.39 is 25.2 Å². The normalized spacial score (nSPS) is 11.1. The number of aromatic nitrogens is 1. The number of carbonyl (C=O) groups excluding carboxylic acids is 2. The summed E-state index contributed by atoms with van der Waals surface area (Å²) in [6, 6.07) is 5.85. The van der Waals surface area contributed by atoms with E-state index in [1.807, 2.05) is 19.6 Å². The van der Waals surface area contributed by atoms with Crippen molar-refractivity contribution >= 4 is 25.9 Å². The molecule has 0 aliphatic carbocycles. The van der Waals surface area contributed by atoms with Crippen LogP contribution in [-0.4, -0.2) is 44.4 Å². The Balaban J connectivity index is 2.98. The average Bonchev–Trinajstić information content (AvgIpc) is 2.69. The van der Waals surface area contributed by atoms with Crippen LogP contribution in [0.4, 0.5) is 5.69 Å². The molecular formula is C20H24N2O7Si. The Bertz CT molecular complexity index is 999. The molecule has 2 aromatic rings. The van der Waals surface area contributed by atoms with Crippen LogP contribution in [0, 0.1) is 17.0 Å². The van der Waals surface area contributed by atoms with E-state index in [0.717, 1.165) is 0 Å². The van der Waals surface area contributed by atoms with E-state index in [9.17, 15) is 19.7 Å². The standard InChI is InChI=1S/C20H24N2O7Si/c1-12-16(19(23)27-2)17(13-9-7-8-10-15(13)22(25)26)18(20(24)28-3)14(21-12)11-29-30(4,5)6/h7-10H,11H2,1-6H3. The molecule has 0 radical (unpaired) electrons. The quantitative estimate of drug-likeness (QED) is 0.280. The minimum atomic E-state index is -1.99. The van der Waals surface area contributed by atoms with E-state index in [-0.39, 0.29) is 45.9 Å².